The fourth-order valence-corrected chi connectivity index (χ4v) is 0.638. The molecule has 0 saturated carbocycles. The third kappa shape index (κ3) is 1.82. The number of azo groups is 1. The summed E-state index contributed by atoms with van der Waals surface area (Å²) in [5, 5.41) is 10.5. The Labute approximate surface area is 69.3 Å². The van der Waals surface area contributed by atoms with E-state index >= 15 is 0 Å². The molecule has 0 bridgehead atoms. The molecule has 0 aromatic carbocycles. The second-order valence-electron chi connectivity index (χ2n) is 1.83. The smallest absolute Gasteiger partial charge is 0.237 e. The van der Waals surface area contributed by atoms with E-state index in [2.05, 4.69) is 25.3 Å². The molecule has 2 N–H and O–H groups in total. The first-order valence-electron chi connectivity index (χ1n) is 3.23. The molecule has 12 heavy (non-hydrogen) atoms. The van der Waals surface area contributed by atoms with Crippen LogP contribution in [0.3, 0.4) is 0 Å². The molecule has 1 aromatic heterocycles. The van der Waals surface area contributed by atoms with Crippen molar-refractivity contribution in [3.8, 4) is 0 Å². The second kappa shape index (κ2) is 4.12. The first-order valence-corrected chi connectivity index (χ1v) is 3.23. The average molecular weight is 164 g/mol. The van der Waals surface area contributed by atoms with Crippen LogP contribution in [0.25, 0.3) is 0 Å². The number of hydrogen-bond acceptors (Lipinski definition) is 5. The molecule has 0 spiro atoms. The van der Waals surface area contributed by atoms with Crippen LogP contribution in [-0.2, 0) is 0 Å². The molecule has 6 heteroatoms. The van der Waals surface area contributed by atoms with Gasteiger partial charge in [-0.25, -0.2) is 9.97 Å². The molecule has 0 amide bonds. The monoisotopic (exact) mass is 164 g/mol. The number of amidine groups is 1. The van der Waals surface area contributed by atoms with Gasteiger partial charge in [0, 0.05) is 19.4 Å². The largest absolute Gasteiger partial charge is 0.321 e. The van der Waals surface area contributed by atoms with Gasteiger partial charge in [-0.05, 0) is 6.07 Å². The Morgan fingerprint density at radius 2 is 2.08 bits per heavy atom. The number of nitrogens with zero attached hydrogens (tertiary/aromatic N) is 5. The average Bonchev–Trinajstić information content (AvgIpc) is 2.15. The third-order valence-electron chi connectivity index (χ3n) is 1.08. The normalized spacial score (nSPS) is 12.2. The zero-order valence-corrected chi connectivity index (χ0v) is 6.55. The van der Waals surface area contributed by atoms with Gasteiger partial charge in [0.25, 0.3) is 0 Å². The van der Waals surface area contributed by atoms with Gasteiger partial charge in [-0.15, -0.1) is 5.11 Å². The van der Waals surface area contributed by atoms with E-state index in [1.807, 2.05) is 0 Å². The number of nitrogens with two attached hydrogens (primary N) is 1. The summed E-state index contributed by atoms with van der Waals surface area (Å²) in [5.74, 6) is 5.63. The van der Waals surface area contributed by atoms with E-state index in [0.717, 1.165) is 0 Å². The van der Waals surface area contributed by atoms with Gasteiger partial charge in [-0.3, -0.25) is 0 Å². The van der Waals surface area contributed by atoms with Crippen molar-refractivity contribution in [3.63, 3.8) is 0 Å². The van der Waals surface area contributed by atoms with Crippen LogP contribution in [0, 0.1) is 0 Å². The first-order chi connectivity index (χ1) is 5.88. The fraction of sp³-hybridized carbons (Fsp3) is 0.167. The maximum Gasteiger partial charge on any atom is 0.237 e. The van der Waals surface area contributed by atoms with Crippen LogP contribution in [0.15, 0.2) is 33.8 Å². The van der Waals surface area contributed by atoms with Crippen molar-refractivity contribution in [1.29, 1.82) is 0 Å². The Morgan fingerprint density at radius 3 is 2.58 bits per heavy atom. The van der Waals surface area contributed by atoms with E-state index in [0.29, 0.717) is 5.82 Å². The molecule has 0 radical (unpaired) electrons. The highest BCUT2D eigenvalue weighted by atomic mass is 15.2. The lowest BCUT2D eigenvalue weighted by molar-refractivity contribution is 1.07. The van der Waals surface area contributed by atoms with Crippen LogP contribution in [0.2, 0.25) is 0 Å². The molecule has 6 nitrogen and oxygen atoms in total. The quantitative estimate of drug-likeness (QED) is 0.211. The van der Waals surface area contributed by atoms with Gasteiger partial charge >= 0.3 is 0 Å². The molecular weight excluding hydrogens is 156 g/mol. The number of hydrazone groups is 1. The van der Waals surface area contributed by atoms with E-state index in [1.165, 1.54) is 7.05 Å². The summed E-state index contributed by atoms with van der Waals surface area (Å²) in [5.41, 5.74) is 0. The van der Waals surface area contributed by atoms with Crippen LogP contribution < -0.4 is 5.84 Å². The Kier molecular flexibility index (Phi) is 2.83. The van der Waals surface area contributed by atoms with Crippen molar-refractivity contribution in [2.24, 2.45) is 21.2 Å². The molecule has 0 aliphatic heterocycles. The summed E-state index contributed by atoms with van der Waals surface area (Å²) < 4.78 is 0. The van der Waals surface area contributed by atoms with Gasteiger partial charge in [0.1, 0.15) is 0 Å². The van der Waals surface area contributed by atoms with Gasteiger partial charge in [0.05, 0.1) is 0 Å². The van der Waals surface area contributed by atoms with E-state index < -0.39 is 0 Å². The van der Waals surface area contributed by atoms with Gasteiger partial charge in [0.2, 0.25) is 11.7 Å². The van der Waals surface area contributed by atoms with Crippen LogP contribution in [0.1, 0.15) is 5.82 Å². The van der Waals surface area contributed by atoms with Crippen LogP contribution in [0.5, 0.6) is 0 Å². The summed E-state index contributed by atoms with van der Waals surface area (Å²) in [7, 11) is 1.52. The summed E-state index contributed by atoms with van der Waals surface area (Å²) in [6.07, 6.45) is 3.16. The number of rotatable bonds is 1. The van der Waals surface area contributed by atoms with Crippen LogP contribution in [0.4, 0.5) is 0 Å². The number of hydrogen-bond donors (Lipinski definition) is 1. The first kappa shape index (κ1) is 8.25. The minimum absolute atomic E-state index is 0.220. The molecule has 1 rings (SSSR count). The maximum atomic E-state index is 5.05. The van der Waals surface area contributed by atoms with Gasteiger partial charge in [-0.2, -0.15) is 10.2 Å². The van der Waals surface area contributed by atoms with E-state index in [1.54, 1.807) is 18.5 Å². The van der Waals surface area contributed by atoms with E-state index in [-0.39, 0.29) is 5.84 Å². The summed E-state index contributed by atoms with van der Waals surface area (Å²) in [4.78, 5) is 7.79. The SMILES string of the molecule is CN=NC(=NN)c1ncccn1. The predicted molar refractivity (Wildman–Crippen MR) is 43.5 cm³/mol. The minimum atomic E-state index is 0.220. The zero-order chi connectivity index (χ0) is 8.81. The molecule has 0 unspecified atom stereocenters. The molecular formula is C6H8N6. The maximum absolute atomic E-state index is 5.05. The van der Waals surface area contributed by atoms with E-state index in [4.69, 9.17) is 5.84 Å². The molecule has 0 fully saturated rings. The number of aromatic nitrogens is 2. The topological polar surface area (TPSA) is 88.9 Å². The van der Waals surface area contributed by atoms with Crippen molar-refractivity contribution in [1.82, 2.24) is 9.97 Å². The lowest BCUT2D eigenvalue weighted by Crippen LogP contribution is -2.05. The molecule has 1 aromatic rings. The van der Waals surface area contributed by atoms with Crippen LogP contribution >= 0.6 is 0 Å². The lowest BCUT2D eigenvalue weighted by atomic mass is 10.5. The predicted octanol–water partition coefficient (Wildman–Crippen LogP) is 0.179. The van der Waals surface area contributed by atoms with Crippen molar-refractivity contribution in [2.45, 2.75) is 0 Å². The Hall–Kier alpha value is -1.85. The molecule has 0 saturated heterocycles. The van der Waals surface area contributed by atoms with Gasteiger partial charge in [-0.1, -0.05) is 0 Å². The minimum Gasteiger partial charge on any atom is -0.321 e. The van der Waals surface area contributed by atoms with Crippen molar-refractivity contribution in [3.05, 3.63) is 24.3 Å². The highest BCUT2D eigenvalue weighted by Crippen LogP contribution is 1.92. The summed E-state index contributed by atoms with van der Waals surface area (Å²) in [6.45, 7) is 0. The zero-order valence-electron chi connectivity index (χ0n) is 6.55. The molecule has 0 atom stereocenters. The van der Waals surface area contributed by atoms with Crippen molar-refractivity contribution >= 4 is 5.84 Å². The molecule has 62 valence electrons. The summed E-state index contributed by atoms with van der Waals surface area (Å²) in [6, 6.07) is 1.70. The second-order valence-corrected chi connectivity index (χ2v) is 1.83. The van der Waals surface area contributed by atoms with E-state index in [9.17, 15) is 0 Å². The van der Waals surface area contributed by atoms with Crippen LogP contribution in [-0.4, -0.2) is 22.9 Å². The van der Waals surface area contributed by atoms with Gasteiger partial charge < -0.3 is 5.84 Å². The molecule has 1 heterocycles. The Morgan fingerprint density at radius 1 is 1.42 bits per heavy atom. The molecule has 0 aliphatic carbocycles. The fourth-order valence-electron chi connectivity index (χ4n) is 0.638. The standard InChI is InChI=1S/C6H8N6/c1-8-12-6(11-7)5-9-3-2-4-10-5/h2-4H,7H2,1H3. The van der Waals surface area contributed by atoms with Crippen molar-refractivity contribution in [2.75, 3.05) is 7.05 Å². The highest BCUT2D eigenvalue weighted by Gasteiger charge is 2.02. The highest BCUT2D eigenvalue weighted by molar-refractivity contribution is 5.95. The lowest BCUT2D eigenvalue weighted by Gasteiger charge is -1.93. The van der Waals surface area contributed by atoms with Crippen molar-refractivity contribution < 1.29 is 0 Å². The Bertz CT molecular complexity index is 290. The van der Waals surface area contributed by atoms with Gasteiger partial charge in [0.15, 0.2) is 0 Å². The molecule has 0 aliphatic rings. The third-order valence-corrected chi connectivity index (χ3v) is 1.08. The summed E-state index contributed by atoms with van der Waals surface area (Å²) >= 11 is 0. The Balaban J connectivity index is 2.97.